The van der Waals surface area contributed by atoms with Gasteiger partial charge in [0.2, 0.25) is 0 Å². The molecule has 1 aromatic rings. The Balaban J connectivity index is 2.37. The van der Waals surface area contributed by atoms with Gasteiger partial charge in [0.25, 0.3) is 0 Å². The summed E-state index contributed by atoms with van der Waals surface area (Å²) >= 11 is 0. The maximum absolute atomic E-state index is 4.25. The Morgan fingerprint density at radius 3 is 3.14 bits per heavy atom. The highest BCUT2D eigenvalue weighted by atomic mass is 15.3. The average molecular weight is 191 g/mol. The summed E-state index contributed by atoms with van der Waals surface area (Å²) in [6.07, 6.45) is 4.85. The third-order valence-electron chi connectivity index (χ3n) is 1.91. The molecule has 0 unspecified atom stereocenters. The number of hydrogen-bond donors (Lipinski definition) is 1. The molecule has 14 heavy (non-hydrogen) atoms. The molecule has 1 aromatic heterocycles. The molecule has 1 N–H and O–H groups in total. The molecule has 0 fully saturated rings. The summed E-state index contributed by atoms with van der Waals surface area (Å²) in [6, 6.07) is 0. The molecule has 3 nitrogen and oxygen atoms in total. The van der Waals surface area contributed by atoms with E-state index >= 15 is 0 Å². The lowest BCUT2D eigenvalue weighted by Gasteiger charge is -1.97. The fourth-order valence-corrected chi connectivity index (χ4v) is 1.18. The molecule has 76 valence electrons. The summed E-state index contributed by atoms with van der Waals surface area (Å²) < 4.78 is 1.94. The van der Waals surface area contributed by atoms with Crippen molar-refractivity contribution in [1.29, 1.82) is 0 Å². The van der Waals surface area contributed by atoms with Crippen LogP contribution in [0.2, 0.25) is 0 Å². The normalized spacial score (nSPS) is 9.57. The van der Waals surface area contributed by atoms with Crippen molar-refractivity contribution in [3.63, 3.8) is 0 Å². The van der Waals surface area contributed by atoms with Gasteiger partial charge < -0.3 is 5.32 Å². The van der Waals surface area contributed by atoms with E-state index in [4.69, 9.17) is 0 Å². The van der Waals surface area contributed by atoms with E-state index in [0.717, 1.165) is 26.1 Å². The van der Waals surface area contributed by atoms with Crippen molar-refractivity contribution in [2.45, 2.75) is 33.4 Å². The van der Waals surface area contributed by atoms with Gasteiger partial charge in [0, 0.05) is 24.7 Å². The molecule has 0 aliphatic carbocycles. The largest absolute Gasteiger partial charge is 0.313 e. The summed E-state index contributed by atoms with van der Waals surface area (Å²) in [7, 11) is 0. The number of aromatic nitrogens is 2. The molecule has 0 saturated heterocycles. The molecule has 0 aliphatic rings. The van der Waals surface area contributed by atoms with Gasteiger partial charge in [0.15, 0.2) is 0 Å². The highest BCUT2D eigenvalue weighted by Gasteiger charge is 1.96. The number of rotatable bonds is 5. The third kappa shape index (κ3) is 3.63. The first kappa shape index (κ1) is 10.8. The highest BCUT2D eigenvalue weighted by molar-refractivity contribution is 5.03. The van der Waals surface area contributed by atoms with Gasteiger partial charge in [-0.25, -0.2) is 0 Å². The third-order valence-corrected chi connectivity index (χ3v) is 1.91. The van der Waals surface area contributed by atoms with Crippen LogP contribution in [-0.2, 0) is 13.1 Å². The molecule has 0 bridgehead atoms. The Labute approximate surface area is 85.5 Å². The molecule has 0 saturated carbocycles. The second-order valence-electron chi connectivity index (χ2n) is 3.07. The van der Waals surface area contributed by atoms with E-state index < -0.39 is 0 Å². The van der Waals surface area contributed by atoms with Crippen molar-refractivity contribution >= 4 is 0 Å². The molecular weight excluding hydrogens is 174 g/mol. The highest BCUT2D eigenvalue weighted by Crippen LogP contribution is 1.97. The summed E-state index contributed by atoms with van der Waals surface area (Å²) in [5.41, 5.74) is 1.23. The van der Waals surface area contributed by atoms with Crippen LogP contribution in [0.25, 0.3) is 0 Å². The van der Waals surface area contributed by atoms with Crippen LogP contribution in [0.1, 0.15) is 25.8 Å². The van der Waals surface area contributed by atoms with Gasteiger partial charge in [-0.05, 0) is 13.5 Å². The predicted molar refractivity (Wildman–Crippen MR) is 57.7 cm³/mol. The molecule has 0 spiro atoms. The maximum Gasteiger partial charge on any atom is 0.0534 e. The summed E-state index contributed by atoms with van der Waals surface area (Å²) in [5, 5.41) is 7.51. The van der Waals surface area contributed by atoms with Crippen LogP contribution in [0.15, 0.2) is 12.4 Å². The van der Waals surface area contributed by atoms with Crippen LogP contribution in [0.4, 0.5) is 0 Å². The van der Waals surface area contributed by atoms with Gasteiger partial charge in [-0.3, -0.25) is 4.68 Å². The molecule has 0 aromatic carbocycles. The second kappa shape index (κ2) is 6.22. The van der Waals surface area contributed by atoms with Crippen molar-refractivity contribution in [3.05, 3.63) is 18.0 Å². The summed E-state index contributed by atoms with van der Waals surface area (Å²) in [6.45, 7) is 6.73. The maximum atomic E-state index is 4.25. The first-order valence-corrected chi connectivity index (χ1v) is 4.98. The van der Waals surface area contributed by atoms with Gasteiger partial charge in [-0.15, -0.1) is 11.8 Å². The van der Waals surface area contributed by atoms with Crippen molar-refractivity contribution in [1.82, 2.24) is 15.1 Å². The number of nitrogens with zero attached hydrogens (tertiary/aromatic N) is 2. The summed E-state index contributed by atoms with van der Waals surface area (Å²) in [4.78, 5) is 0. The molecule has 0 aliphatic heterocycles. The minimum absolute atomic E-state index is 0.874. The van der Waals surface area contributed by atoms with Gasteiger partial charge in [-0.1, -0.05) is 6.92 Å². The number of hydrogen-bond acceptors (Lipinski definition) is 2. The molecule has 1 heterocycles. The van der Waals surface area contributed by atoms with Crippen LogP contribution >= 0.6 is 0 Å². The minimum atomic E-state index is 0.874. The zero-order valence-electron chi connectivity index (χ0n) is 8.88. The molecule has 3 heteroatoms. The molecule has 1 rings (SSSR count). The van der Waals surface area contributed by atoms with Crippen LogP contribution in [0.3, 0.4) is 0 Å². The summed E-state index contributed by atoms with van der Waals surface area (Å²) in [5.74, 6) is 5.90. The monoisotopic (exact) mass is 191 g/mol. The van der Waals surface area contributed by atoms with E-state index in [2.05, 4.69) is 35.4 Å². The SMILES string of the molecule is CC#CCCn1cc(CNCC)cn1. The topological polar surface area (TPSA) is 29.9 Å². The number of nitrogens with one attached hydrogen (secondary N) is 1. The van der Waals surface area contributed by atoms with E-state index in [9.17, 15) is 0 Å². The smallest absolute Gasteiger partial charge is 0.0534 e. The molecular formula is C11H17N3. The Kier molecular flexibility index (Phi) is 4.81. The van der Waals surface area contributed by atoms with Crippen molar-refractivity contribution < 1.29 is 0 Å². The van der Waals surface area contributed by atoms with Crippen molar-refractivity contribution in [2.24, 2.45) is 0 Å². The lowest BCUT2D eigenvalue weighted by Crippen LogP contribution is -2.11. The van der Waals surface area contributed by atoms with Gasteiger partial charge in [-0.2, -0.15) is 5.10 Å². The first-order chi connectivity index (χ1) is 6.86. The van der Waals surface area contributed by atoms with Crippen LogP contribution in [-0.4, -0.2) is 16.3 Å². The van der Waals surface area contributed by atoms with Crippen LogP contribution in [0, 0.1) is 11.8 Å². The van der Waals surface area contributed by atoms with Gasteiger partial charge >= 0.3 is 0 Å². The second-order valence-corrected chi connectivity index (χ2v) is 3.07. The van der Waals surface area contributed by atoms with Crippen molar-refractivity contribution in [2.75, 3.05) is 6.54 Å². The van der Waals surface area contributed by atoms with E-state index in [1.165, 1.54) is 5.56 Å². The number of aryl methyl sites for hydroxylation is 1. The lowest BCUT2D eigenvalue weighted by atomic mass is 10.3. The standard InChI is InChI=1S/C11H17N3/c1-3-5-6-7-14-10-11(9-13-14)8-12-4-2/h9-10,12H,4,6-8H2,1-2H3. The fourth-order valence-electron chi connectivity index (χ4n) is 1.18. The van der Waals surface area contributed by atoms with Gasteiger partial charge in [0.05, 0.1) is 12.7 Å². The molecule has 0 atom stereocenters. The molecule has 0 amide bonds. The fraction of sp³-hybridized carbons (Fsp3) is 0.545. The molecule has 0 radical (unpaired) electrons. The zero-order valence-corrected chi connectivity index (χ0v) is 8.88. The minimum Gasteiger partial charge on any atom is -0.313 e. The first-order valence-electron chi connectivity index (χ1n) is 4.98. The predicted octanol–water partition coefficient (Wildman–Crippen LogP) is 1.41. The van der Waals surface area contributed by atoms with E-state index in [1.807, 2.05) is 17.8 Å². The van der Waals surface area contributed by atoms with E-state index in [0.29, 0.717) is 0 Å². The Morgan fingerprint density at radius 1 is 1.57 bits per heavy atom. The Bertz CT molecular complexity index is 317. The Morgan fingerprint density at radius 2 is 2.43 bits per heavy atom. The average Bonchev–Trinajstić information content (AvgIpc) is 2.63. The van der Waals surface area contributed by atoms with Crippen LogP contribution < -0.4 is 5.32 Å². The van der Waals surface area contributed by atoms with E-state index in [-0.39, 0.29) is 0 Å². The van der Waals surface area contributed by atoms with Gasteiger partial charge in [0.1, 0.15) is 0 Å². The quantitative estimate of drug-likeness (QED) is 0.713. The lowest BCUT2D eigenvalue weighted by molar-refractivity contribution is 0.628. The zero-order chi connectivity index (χ0) is 10.2. The van der Waals surface area contributed by atoms with Crippen LogP contribution in [0.5, 0.6) is 0 Å². The van der Waals surface area contributed by atoms with E-state index in [1.54, 1.807) is 0 Å². The van der Waals surface area contributed by atoms with Crippen molar-refractivity contribution in [3.8, 4) is 11.8 Å². The Hall–Kier alpha value is -1.27.